The molecule has 7 nitrogen and oxygen atoms in total. The minimum atomic E-state index is -0.332. The van der Waals surface area contributed by atoms with Crippen molar-refractivity contribution < 1.29 is 4.79 Å². The average Bonchev–Trinajstić information content (AvgIpc) is 3.14. The Kier molecular flexibility index (Phi) is 5.85. The first kappa shape index (κ1) is 22.4. The number of hydrogen-bond acceptors (Lipinski definition) is 7. The van der Waals surface area contributed by atoms with Gasteiger partial charge in [-0.05, 0) is 36.4 Å². The number of allylic oxidation sites excluding steroid dienone is 1. The molecule has 0 fully saturated rings. The molecule has 0 unspecified atom stereocenters. The van der Waals surface area contributed by atoms with E-state index in [0.717, 1.165) is 23.1 Å². The number of fused-ring (bicyclic) bond motifs is 2. The Labute approximate surface area is 206 Å². The molecule has 0 aliphatic carbocycles. The summed E-state index contributed by atoms with van der Waals surface area (Å²) in [5, 5.41) is 10.8. The molecule has 1 aliphatic heterocycles. The van der Waals surface area contributed by atoms with Gasteiger partial charge >= 0.3 is 0 Å². The van der Waals surface area contributed by atoms with Gasteiger partial charge in [0.1, 0.15) is 17.5 Å². The summed E-state index contributed by atoms with van der Waals surface area (Å²) >= 11 is 1.15. The van der Waals surface area contributed by atoms with Crippen molar-refractivity contribution in [1.29, 1.82) is 5.26 Å². The maximum atomic E-state index is 13.4. The van der Waals surface area contributed by atoms with Crippen molar-refractivity contribution in [3.63, 3.8) is 0 Å². The molecule has 3 aromatic carbocycles. The van der Waals surface area contributed by atoms with E-state index in [-0.39, 0.29) is 22.7 Å². The molecule has 2 heterocycles. The number of para-hydroxylation sites is 4. The Hall–Kier alpha value is -4.35. The standard InChI is InChI=1S/C27H21N5O2S/c1-30-22-14-8-9-15-23(22)31(2)25(30)20(16-28)24(33)17-35-27-29-21-13-7-6-12-19(21)26(34)32(27)18-10-4-3-5-11-18/h3-15H,17H2,1-2H3. The molecular formula is C27H21N5O2S. The van der Waals surface area contributed by atoms with E-state index >= 15 is 0 Å². The van der Waals surface area contributed by atoms with Crippen molar-refractivity contribution in [2.75, 3.05) is 29.6 Å². The number of carbonyl (C=O) groups excluding carboxylic acids is 1. The highest BCUT2D eigenvalue weighted by atomic mass is 32.2. The van der Waals surface area contributed by atoms with E-state index < -0.39 is 0 Å². The van der Waals surface area contributed by atoms with Crippen molar-refractivity contribution in [3.8, 4) is 11.8 Å². The minimum absolute atomic E-state index is 0.0397. The number of carbonyl (C=O) groups is 1. The number of ketones is 1. The van der Waals surface area contributed by atoms with Crippen LogP contribution in [-0.2, 0) is 4.79 Å². The van der Waals surface area contributed by atoms with Crippen LogP contribution in [0, 0.1) is 11.3 Å². The number of thioether (sulfide) groups is 1. The summed E-state index contributed by atoms with van der Waals surface area (Å²) < 4.78 is 1.52. The largest absolute Gasteiger partial charge is 0.328 e. The van der Waals surface area contributed by atoms with Crippen molar-refractivity contribution in [3.05, 3.63) is 101 Å². The van der Waals surface area contributed by atoms with Gasteiger partial charge in [-0.25, -0.2) is 4.98 Å². The topological polar surface area (TPSA) is 82.2 Å². The molecule has 8 heteroatoms. The average molecular weight is 480 g/mol. The predicted molar refractivity (Wildman–Crippen MR) is 139 cm³/mol. The van der Waals surface area contributed by atoms with Gasteiger partial charge in [0.05, 0.1) is 33.7 Å². The number of benzene rings is 3. The van der Waals surface area contributed by atoms with E-state index in [9.17, 15) is 14.9 Å². The van der Waals surface area contributed by atoms with Crippen LogP contribution in [0.4, 0.5) is 11.4 Å². The molecule has 0 atom stereocenters. The van der Waals surface area contributed by atoms with Crippen LogP contribution < -0.4 is 15.4 Å². The summed E-state index contributed by atoms with van der Waals surface area (Å²) in [6.07, 6.45) is 0. The van der Waals surface area contributed by atoms with Gasteiger partial charge in [-0.2, -0.15) is 5.26 Å². The monoisotopic (exact) mass is 479 g/mol. The van der Waals surface area contributed by atoms with Gasteiger partial charge in [0.15, 0.2) is 10.9 Å². The van der Waals surface area contributed by atoms with Gasteiger partial charge < -0.3 is 9.80 Å². The van der Waals surface area contributed by atoms with E-state index in [1.165, 1.54) is 4.57 Å². The number of nitrogens with zero attached hydrogens (tertiary/aromatic N) is 5. The lowest BCUT2D eigenvalue weighted by Gasteiger charge is -2.20. The Morgan fingerprint density at radius 3 is 2.17 bits per heavy atom. The molecule has 1 aromatic heterocycles. The predicted octanol–water partition coefficient (Wildman–Crippen LogP) is 4.37. The summed E-state index contributed by atoms with van der Waals surface area (Å²) in [5.74, 6) is 0.162. The maximum Gasteiger partial charge on any atom is 0.266 e. The number of rotatable bonds is 5. The summed E-state index contributed by atoms with van der Waals surface area (Å²) in [6, 6.07) is 26.2. The number of anilines is 2. The molecule has 0 bridgehead atoms. The Balaban J connectivity index is 1.52. The molecule has 5 rings (SSSR count). The third kappa shape index (κ3) is 3.86. The van der Waals surface area contributed by atoms with Crippen LogP contribution in [0.1, 0.15) is 0 Å². The fourth-order valence-electron chi connectivity index (χ4n) is 4.27. The van der Waals surface area contributed by atoms with Crippen LogP contribution in [0.2, 0.25) is 0 Å². The molecule has 1 aliphatic rings. The van der Waals surface area contributed by atoms with Crippen LogP contribution in [-0.4, -0.2) is 35.2 Å². The number of aromatic nitrogens is 2. The maximum absolute atomic E-state index is 13.4. The fourth-order valence-corrected chi connectivity index (χ4v) is 5.16. The highest BCUT2D eigenvalue weighted by Gasteiger charge is 2.31. The fraction of sp³-hybridized carbons (Fsp3) is 0.111. The highest BCUT2D eigenvalue weighted by Crippen LogP contribution is 2.40. The van der Waals surface area contributed by atoms with Crippen LogP contribution in [0.3, 0.4) is 0 Å². The first-order valence-corrected chi connectivity index (χ1v) is 11.9. The van der Waals surface area contributed by atoms with Crippen molar-refractivity contribution in [2.24, 2.45) is 0 Å². The van der Waals surface area contributed by atoms with Crippen LogP contribution in [0.15, 0.2) is 100 Å². The summed E-state index contributed by atoms with van der Waals surface area (Å²) in [5.41, 5.74) is 2.92. The molecular weight excluding hydrogens is 458 g/mol. The zero-order valence-electron chi connectivity index (χ0n) is 19.2. The molecule has 4 aromatic rings. The highest BCUT2D eigenvalue weighted by molar-refractivity contribution is 7.99. The van der Waals surface area contributed by atoms with Gasteiger partial charge in [0.25, 0.3) is 5.56 Å². The van der Waals surface area contributed by atoms with Crippen LogP contribution in [0.5, 0.6) is 0 Å². The summed E-state index contributed by atoms with van der Waals surface area (Å²) in [7, 11) is 3.68. The van der Waals surface area contributed by atoms with E-state index in [4.69, 9.17) is 0 Å². The van der Waals surface area contributed by atoms with Crippen LogP contribution >= 0.6 is 11.8 Å². The number of hydrogen-bond donors (Lipinski definition) is 0. The molecule has 35 heavy (non-hydrogen) atoms. The van der Waals surface area contributed by atoms with E-state index in [1.54, 1.807) is 18.2 Å². The number of Topliss-reactive ketones (excluding diaryl/α,β-unsaturated/α-hetero) is 1. The lowest BCUT2D eigenvalue weighted by molar-refractivity contribution is -0.112. The van der Waals surface area contributed by atoms with Gasteiger partial charge in [0.2, 0.25) is 0 Å². The van der Waals surface area contributed by atoms with Gasteiger partial charge in [-0.15, -0.1) is 0 Å². The Morgan fingerprint density at radius 1 is 0.914 bits per heavy atom. The summed E-state index contributed by atoms with van der Waals surface area (Å²) in [6.45, 7) is 0. The van der Waals surface area contributed by atoms with E-state index in [2.05, 4.69) is 11.1 Å². The summed E-state index contributed by atoms with van der Waals surface area (Å²) in [4.78, 5) is 35.0. The second-order valence-corrected chi connectivity index (χ2v) is 8.96. The zero-order valence-corrected chi connectivity index (χ0v) is 20.0. The quantitative estimate of drug-likeness (QED) is 0.182. The molecule has 0 saturated heterocycles. The number of nitriles is 1. The third-order valence-electron chi connectivity index (χ3n) is 5.95. The molecule has 0 spiro atoms. The lowest BCUT2D eigenvalue weighted by atomic mass is 10.2. The van der Waals surface area contributed by atoms with Crippen molar-refractivity contribution in [2.45, 2.75) is 5.16 Å². The van der Waals surface area contributed by atoms with Gasteiger partial charge in [-0.1, -0.05) is 54.2 Å². The zero-order chi connectivity index (χ0) is 24.5. The van der Waals surface area contributed by atoms with Gasteiger partial charge in [-0.3, -0.25) is 14.2 Å². The molecule has 0 amide bonds. The lowest BCUT2D eigenvalue weighted by Crippen LogP contribution is -2.27. The smallest absolute Gasteiger partial charge is 0.266 e. The second kappa shape index (κ2) is 9.12. The third-order valence-corrected chi connectivity index (χ3v) is 6.88. The molecule has 0 saturated carbocycles. The Bertz CT molecular complexity index is 1560. The van der Waals surface area contributed by atoms with E-state index in [0.29, 0.717) is 27.6 Å². The minimum Gasteiger partial charge on any atom is -0.328 e. The first-order valence-electron chi connectivity index (χ1n) is 11.0. The normalized spacial score (nSPS) is 12.5. The van der Waals surface area contributed by atoms with E-state index in [1.807, 2.05) is 84.6 Å². The van der Waals surface area contributed by atoms with Crippen molar-refractivity contribution in [1.82, 2.24) is 9.55 Å². The van der Waals surface area contributed by atoms with Crippen molar-refractivity contribution >= 4 is 39.8 Å². The van der Waals surface area contributed by atoms with Gasteiger partial charge in [0, 0.05) is 14.1 Å². The molecule has 0 N–H and O–H groups in total. The Morgan fingerprint density at radius 2 is 1.51 bits per heavy atom. The second-order valence-electron chi connectivity index (χ2n) is 8.02. The molecule has 172 valence electrons. The van der Waals surface area contributed by atoms with Crippen LogP contribution in [0.25, 0.3) is 16.6 Å². The molecule has 0 radical (unpaired) electrons. The first-order chi connectivity index (χ1) is 17.0. The SMILES string of the molecule is CN1C(=C(C#N)C(=O)CSc2nc3ccccc3c(=O)n2-c2ccccc2)N(C)c2ccccc21.